The fourth-order valence-electron chi connectivity index (χ4n) is 4.54. The van der Waals surface area contributed by atoms with Gasteiger partial charge in [-0.1, -0.05) is 42.5 Å². The van der Waals surface area contributed by atoms with Crippen LogP contribution in [-0.4, -0.2) is 50.4 Å². The van der Waals surface area contributed by atoms with Crippen molar-refractivity contribution in [1.29, 1.82) is 0 Å². The van der Waals surface area contributed by atoms with Gasteiger partial charge in [-0.25, -0.2) is 9.98 Å². The number of aliphatic imine (C=N–C) groups is 2. The van der Waals surface area contributed by atoms with Gasteiger partial charge in [0.15, 0.2) is 5.90 Å². The maximum atomic E-state index is 13.7. The van der Waals surface area contributed by atoms with E-state index in [1.807, 2.05) is 42.5 Å². The van der Waals surface area contributed by atoms with E-state index in [4.69, 9.17) is 14.5 Å². The molecule has 2 aliphatic rings. The van der Waals surface area contributed by atoms with E-state index in [0.29, 0.717) is 41.6 Å². The number of nitrogens with one attached hydrogen (secondary N) is 1. The topological polar surface area (TPSA) is 92.6 Å². The third-order valence-corrected chi connectivity index (χ3v) is 6.32. The summed E-state index contributed by atoms with van der Waals surface area (Å²) < 4.78 is 10.7. The minimum absolute atomic E-state index is 0.284. The molecule has 1 atom stereocenters. The van der Waals surface area contributed by atoms with Crippen molar-refractivity contribution in [2.45, 2.75) is 19.5 Å². The van der Waals surface area contributed by atoms with Crippen LogP contribution in [0.15, 0.2) is 76.7 Å². The number of hydrogen-bond donors (Lipinski definition) is 1. The van der Waals surface area contributed by atoms with Crippen LogP contribution in [0.4, 0.5) is 11.4 Å². The molecule has 5 rings (SSSR count). The third kappa shape index (κ3) is 4.22. The molecule has 0 saturated heterocycles. The van der Waals surface area contributed by atoms with Gasteiger partial charge in [0.1, 0.15) is 5.75 Å². The van der Waals surface area contributed by atoms with Gasteiger partial charge in [0.05, 0.1) is 36.9 Å². The van der Waals surface area contributed by atoms with Crippen LogP contribution >= 0.6 is 0 Å². The number of anilines is 1. The second kappa shape index (κ2) is 9.65. The zero-order valence-corrected chi connectivity index (χ0v) is 20.3. The van der Waals surface area contributed by atoms with E-state index in [0.717, 1.165) is 22.4 Å². The van der Waals surface area contributed by atoms with Crippen molar-refractivity contribution in [2.24, 2.45) is 9.98 Å². The van der Waals surface area contributed by atoms with Crippen LogP contribution in [-0.2, 0) is 16.0 Å². The Morgan fingerprint density at radius 3 is 2.58 bits per heavy atom. The Morgan fingerprint density at radius 2 is 1.83 bits per heavy atom. The van der Waals surface area contributed by atoms with Crippen LogP contribution in [0, 0.1) is 0 Å². The molecule has 0 aliphatic carbocycles. The molecule has 2 aliphatic heterocycles. The highest BCUT2D eigenvalue weighted by Gasteiger charge is 2.38. The standard InChI is InChI=1S/C28H26N4O4/c1-17(35-2)29-23-12-8-7-11-21(23)27(33)31-26-28(34)32-14-13-19-15-20(36-3)16-22(25(19)32)24(30-26)18-9-5-4-6-10-18/h4-12,15-16,26H,13-14H2,1-3H3,(H,31,33)/t26-/m0/s1. The maximum Gasteiger partial charge on any atom is 0.272 e. The van der Waals surface area contributed by atoms with E-state index >= 15 is 0 Å². The SMILES string of the molecule is COC(C)=Nc1ccccc1C(=O)N[C@@H]1N=C(c2ccccc2)c2cc(OC)cc3c2N(CC3)C1=O. The first-order valence-corrected chi connectivity index (χ1v) is 11.6. The second-order valence-electron chi connectivity index (χ2n) is 8.49. The van der Waals surface area contributed by atoms with Gasteiger partial charge in [0.2, 0.25) is 6.17 Å². The molecule has 1 N–H and O–H groups in total. The van der Waals surface area contributed by atoms with Gasteiger partial charge in [0.25, 0.3) is 11.8 Å². The highest BCUT2D eigenvalue weighted by Crippen LogP contribution is 2.39. The lowest BCUT2D eigenvalue weighted by Crippen LogP contribution is -2.47. The number of methoxy groups -OCH3 is 2. The highest BCUT2D eigenvalue weighted by atomic mass is 16.5. The van der Waals surface area contributed by atoms with Crippen LogP contribution in [0.3, 0.4) is 0 Å². The molecule has 0 saturated carbocycles. The molecule has 182 valence electrons. The van der Waals surface area contributed by atoms with Crippen molar-refractivity contribution < 1.29 is 19.1 Å². The molecule has 0 aromatic heterocycles. The van der Waals surface area contributed by atoms with Crippen molar-refractivity contribution in [2.75, 3.05) is 25.7 Å². The number of rotatable bonds is 5. The first-order chi connectivity index (χ1) is 17.5. The Labute approximate surface area is 209 Å². The van der Waals surface area contributed by atoms with Crippen molar-refractivity contribution >= 4 is 34.8 Å². The molecule has 0 unspecified atom stereocenters. The zero-order chi connectivity index (χ0) is 25.2. The van der Waals surface area contributed by atoms with Crippen LogP contribution in [0.2, 0.25) is 0 Å². The highest BCUT2D eigenvalue weighted by molar-refractivity contribution is 6.21. The van der Waals surface area contributed by atoms with E-state index < -0.39 is 12.1 Å². The van der Waals surface area contributed by atoms with E-state index in [2.05, 4.69) is 10.3 Å². The van der Waals surface area contributed by atoms with Crippen LogP contribution in [0.1, 0.15) is 34.0 Å². The summed E-state index contributed by atoms with van der Waals surface area (Å²) in [4.78, 5) is 38.0. The molecular weight excluding hydrogens is 456 g/mol. The number of hydrogen-bond acceptors (Lipinski definition) is 6. The smallest absolute Gasteiger partial charge is 0.272 e. The minimum atomic E-state index is -1.11. The quantitative estimate of drug-likeness (QED) is 0.441. The molecular formula is C28H26N4O4. The third-order valence-electron chi connectivity index (χ3n) is 6.32. The molecule has 0 fully saturated rings. The predicted molar refractivity (Wildman–Crippen MR) is 139 cm³/mol. The maximum absolute atomic E-state index is 13.7. The molecule has 3 aromatic carbocycles. The van der Waals surface area contributed by atoms with Crippen molar-refractivity contribution in [3.05, 3.63) is 89.0 Å². The van der Waals surface area contributed by atoms with Crippen LogP contribution in [0.25, 0.3) is 0 Å². The van der Waals surface area contributed by atoms with Gasteiger partial charge in [-0.2, -0.15) is 0 Å². The monoisotopic (exact) mass is 482 g/mol. The summed E-state index contributed by atoms with van der Waals surface area (Å²) in [7, 11) is 3.14. The van der Waals surface area contributed by atoms with Crippen LogP contribution < -0.4 is 15.0 Å². The first kappa shape index (κ1) is 23.3. The van der Waals surface area contributed by atoms with E-state index in [-0.39, 0.29) is 5.91 Å². The van der Waals surface area contributed by atoms with Gasteiger partial charge in [-0.15, -0.1) is 0 Å². The second-order valence-corrected chi connectivity index (χ2v) is 8.49. The van der Waals surface area contributed by atoms with Gasteiger partial charge >= 0.3 is 0 Å². The molecule has 0 bridgehead atoms. The van der Waals surface area contributed by atoms with Crippen molar-refractivity contribution in [3.63, 3.8) is 0 Å². The lowest BCUT2D eigenvalue weighted by molar-refractivity contribution is -0.120. The number of amides is 2. The summed E-state index contributed by atoms with van der Waals surface area (Å²) in [5, 5.41) is 2.85. The normalized spacial score (nSPS) is 16.7. The molecule has 36 heavy (non-hydrogen) atoms. The average molecular weight is 483 g/mol. The summed E-state index contributed by atoms with van der Waals surface area (Å²) in [5.74, 6) is 0.382. The van der Waals surface area contributed by atoms with Gasteiger partial charge in [-0.05, 0) is 36.2 Å². The Hall–Kier alpha value is -4.46. The number of para-hydroxylation sites is 1. The summed E-state index contributed by atoms with van der Waals surface area (Å²) in [6.07, 6.45) is -0.417. The Bertz CT molecular complexity index is 1400. The molecule has 8 nitrogen and oxygen atoms in total. The molecule has 2 amide bonds. The predicted octanol–water partition coefficient (Wildman–Crippen LogP) is 3.89. The van der Waals surface area contributed by atoms with E-state index in [1.54, 1.807) is 43.2 Å². The molecule has 0 spiro atoms. The van der Waals surface area contributed by atoms with E-state index in [1.165, 1.54) is 7.11 Å². The number of carbonyl (C=O) groups excluding carboxylic acids is 2. The number of benzene rings is 3. The summed E-state index contributed by atoms with van der Waals surface area (Å²) in [5.41, 5.74) is 4.87. The minimum Gasteiger partial charge on any atom is -0.497 e. The summed E-state index contributed by atoms with van der Waals surface area (Å²) in [6.45, 7) is 2.21. The fourth-order valence-corrected chi connectivity index (χ4v) is 4.54. The lowest BCUT2D eigenvalue weighted by Gasteiger charge is -2.21. The number of nitrogens with zero attached hydrogens (tertiary/aromatic N) is 3. The Kier molecular flexibility index (Phi) is 6.25. The number of carbonyl (C=O) groups is 2. The molecule has 3 aromatic rings. The lowest BCUT2D eigenvalue weighted by atomic mass is 9.97. The van der Waals surface area contributed by atoms with Gasteiger partial charge in [-0.3, -0.25) is 9.59 Å². The van der Waals surface area contributed by atoms with Crippen LogP contribution in [0.5, 0.6) is 5.75 Å². The number of ether oxygens (including phenoxy) is 2. The summed E-state index contributed by atoms with van der Waals surface area (Å²) >= 11 is 0. The first-order valence-electron chi connectivity index (χ1n) is 11.6. The molecule has 0 radical (unpaired) electrons. The van der Waals surface area contributed by atoms with Gasteiger partial charge in [0, 0.05) is 24.6 Å². The Balaban J connectivity index is 1.60. The Morgan fingerprint density at radius 1 is 1.08 bits per heavy atom. The van der Waals surface area contributed by atoms with Gasteiger partial charge < -0.3 is 19.7 Å². The fraction of sp³-hybridized carbons (Fsp3) is 0.214. The van der Waals surface area contributed by atoms with Crippen molar-refractivity contribution in [1.82, 2.24) is 5.32 Å². The van der Waals surface area contributed by atoms with E-state index in [9.17, 15) is 9.59 Å². The molecule has 8 heteroatoms. The molecule has 2 heterocycles. The zero-order valence-electron chi connectivity index (χ0n) is 20.3. The average Bonchev–Trinajstić information content (AvgIpc) is 3.30. The summed E-state index contributed by atoms with van der Waals surface area (Å²) in [6, 6.07) is 20.4. The largest absolute Gasteiger partial charge is 0.497 e. The van der Waals surface area contributed by atoms with Crippen molar-refractivity contribution in [3.8, 4) is 5.75 Å².